The van der Waals surface area contributed by atoms with Crippen LogP contribution in [-0.4, -0.2) is 27.8 Å². The lowest BCUT2D eigenvalue weighted by Gasteiger charge is -2.09. The van der Waals surface area contributed by atoms with E-state index in [9.17, 15) is 15.0 Å². The second-order valence-electron chi connectivity index (χ2n) is 7.09. The van der Waals surface area contributed by atoms with Gasteiger partial charge < -0.3 is 15.5 Å². The Bertz CT molecular complexity index is 1200. The Morgan fingerprint density at radius 2 is 1.52 bits per heavy atom. The molecule has 31 heavy (non-hydrogen) atoms. The minimum absolute atomic E-state index is 0.00269. The summed E-state index contributed by atoms with van der Waals surface area (Å²) in [6.45, 7) is 2.39. The molecule has 1 aromatic heterocycles. The molecule has 4 aromatic rings. The molecule has 0 fully saturated rings. The molecule has 6 nitrogen and oxygen atoms in total. The van der Waals surface area contributed by atoms with Gasteiger partial charge in [-0.25, -0.2) is 9.78 Å². The van der Waals surface area contributed by atoms with Crippen LogP contribution in [0, 0.1) is 0 Å². The molecule has 0 aliphatic heterocycles. The fraction of sp³-hybridized carbons (Fsp3) is 0.167. The van der Waals surface area contributed by atoms with Crippen LogP contribution in [0.5, 0.6) is 0 Å². The van der Waals surface area contributed by atoms with Crippen molar-refractivity contribution in [3.05, 3.63) is 71.8 Å². The minimum Gasteiger partial charge on any atom is -0.392 e. The van der Waals surface area contributed by atoms with Crippen LogP contribution in [-0.2, 0) is 13.2 Å². The van der Waals surface area contributed by atoms with Crippen LogP contribution >= 0.6 is 11.3 Å². The van der Waals surface area contributed by atoms with E-state index >= 15 is 0 Å². The number of urea groups is 1. The average molecular weight is 434 g/mol. The van der Waals surface area contributed by atoms with Gasteiger partial charge in [-0.05, 0) is 46.9 Å². The molecular weight excluding hydrogens is 410 g/mol. The van der Waals surface area contributed by atoms with E-state index in [1.165, 1.54) is 11.3 Å². The lowest BCUT2D eigenvalue weighted by Crippen LogP contribution is -2.28. The number of thiazole rings is 1. The number of nitrogens with one attached hydrogen (secondary N) is 2. The van der Waals surface area contributed by atoms with E-state index in [1.54, 1.807) is 0 Å². The third-order valence-corrected chi connectivity index (χ3v) is 5.99. The topological polar surface area (TPSA) is 94.5 Å². The Morgan fingerprint density at radius 1 is 0.903 bits per heavy atom. The lowest BCUT2D eigenvalue weighted by atomic mass is 9.97. The fourth-order valence-corrected chi connectivity index (χ4v) is 4.34. The minimum atomic E-state index is -0.282. The molecule has 0 bridgehead atoms. The van der Waals surface area contributed by atoms with Gasteiger partial charge in [0, 0.05) is 12.1 Å². The van der Waals surface area contributed by atoms with Crippen molar-refractivity contribution in [3.63, 3.8) is 0 Å². The number of nitrogens with zero attached hydrogens (tertiary/aromatic N) is 1. The Hall–Kier alpha value is -3.26. The van der Waals surface area contributed by atoms with Gasteiger partial charge in [0.15, 0.2) is 5.13 Å². The van der Waals surface area contributed by atoms with E-state index in [0.29, 0.717) is 11.7 Å². The number of hydrogen-bond donors (Lipinski definition) is 4. The van der Waals surface area contributed by atoms with Gasteiger partial charge in [0.25, 0.3) is 0 Å². The van der Waals surface area contributed by atoms with Gasteiger partial charge in [-0.1, -0.05) is 59.9 Å². The zero-order chi connectivity index (χ0) is 21.8. The number of carbonyl (C=O) groups is 1. The summed E-state index contributed by atoms with van der Waals surface area (Å²) in [5, 5.41) is 24.7. The quantitative estimate of drug-likeness (QED) is 0.353. The van der Waals surface area contributed by atoms with Crippen molar-refractivity contribution in [1.82, 2.24) is 10.3 Å². The third kappa shape index (κ3) is 4.59. The second kappa shape index (κ2) is 9.26. The van der Waals surface area contributed by atoms with E-state index in [-0.39, 0.29) is 19.2 Å². The first-order valence-electron chi connectivity index (χ1n) is 10.0. The van der Waals surface area contributed by atoms with Crippen LogP contribution in [0.1, 0.15) is 18.1 Å². The molecule has 4 rings (SSSR count). The molecule has 1 heterocycles. The Balaban J connectivity index is 1.83. The number of aromatic nitrogens is 1. The number of aliphatic hydroxyl groups excluding tert-OH is 2. The fourth-order valence-electron chi connectivity index (χ4n) is 3.36. The molecular formula is C24H23N3O3S. The van der Waals surface area contributed by atoms with Crippen LogP contribution < -0.4 is 10.6 Å². The zero-order valence-corrected chi connectivity index (χ0v) is 17.9. The maximum absolute atomic E-state index is 12.0. The average Bonchev–Trinajstić information content (AvgIpc) is 3.21. The number of hydrogen-bond acceptors (Lipinski definition) is 5. The highest BCUT2D eigenvalue weighted by Gasteiger charge is 2.14. The lowest BCUT2D eigenvalue weighted by molar-refractivity contribution is 0.252. The SMILES string of the molecule is CCNC(=O)Nc1nc2cc(-c3ccc(CO)cc3)cc(-c3ccc(CO)cc3)c2s1. The highest BCUT2D eigenvalue weighted by molar-refractivity contribution is 7.22. The largest absolute Gasteiger partial charge is 0.392 e. The first-order valence-corrected chi connectivity index (χ1v) is 10.8. The Labute approximate surface area is 184 Å². The highest BCUT2D eigenvalue weighted by Crippen LogP contribution is 2.39. The first kappa shape index (κ1) is 21.0. The molecule has 0 aliphatic carbocycles. The molecule has 2 amide bonds. The van der Waals surface area contributed by atoms with E-state index in [0.717, 1.165) is 43.6 Å². The van der Waals surface area contributed by atoms with Gasteiger partial charge in [-0.2, -0.15) is 0 Å². The summed E-state index contributed by atoms with van der Waals surface area (Å²) in [6.07, 6.45) is 0. The zero-order valence-electron chi connectivity index (χ0n) is 17.1. The van der Waals surface area contributed by atoms with Gasteiger partial charge in [0.05, 0.1) is 23.4 Å². The third-order valence-electron chi connectivity index (χ3n) is 4.97. The molecule has 0 aliphatic rings. The Morgan fingerprint density at radius 3 is 2.10 bits per heavy atom. The van der Waals surface area contributed by atoms with Crippen LogP contribution in [0.2, 0.25) is 0 Å². The van der Waals surface area contributed by atoms with Gasteiger partial charge in [-0.3, -0.25) is 5.32 Å². The maximum atomic E-state index is 12.0. The van der Waals surface area contributed by atoms with Gasteiger partial charge in [0.2, 0.25) is 0 Å². The molecule has 0 unspecified atom stereocenters. The van der Waals surface area contributed by atoms with Crippen molar-refractivity contribution >= 4 is 32.7 Å². The van der Waals surface area contributed by atoms with Crippen LogP contribution in [0.15, 0.2) is 60.7 Å². The molecule has 158 valence electrons. The second-order valence-corrected chi connectivity index (χ2v) is 8.08. The summed E-state index contributed by atoms with van der Waals surface area (Å²) in [4.78, 5) is 16.6. The van der Waals surface area contributed by atoms with E-state index in [2.05, 4.69) is 21.7 Å². The maximum Gasteiger partial charge on any atom is 0.321 e. The van der Waals surface area contributed by atoms with Crippen molar-refractivity contribution < 1.29 is 15.0 Å². The van der Waals surface area contributed by atoms with Gasteiger partial charge in [-0.15, -0.1) is 0 Å². The summed E-state index contributed by atoms with van der Waals surface area (Å²) >= 11 is 1.43. The number of anilines is 1. The normalized spacial score (nSPS) is 10.9. The predicted octanol–water partition coefficient (Wildman–Crippen LogP) is 4.76. The summed E-state index contributed by atoms with van der Waals surface area (Å²) in [7, 11) is 0. The van der Waals surface area contributed by atoms with Crippen molar-refractivity contribution in [2.24, 2.45) is 0 Å². The monoisotopic (exact) mass is 433 g/mol. The van der Waals surface area contributed by atoms with Crippen molar-refractivity contribution in [1.29, 1.82) is 0 Å². The number of benzene rings is 3. The molecule has 3 aromatic carbocycles. The van der Waals surface area contributed by atoms with Crippen LogP contribution in [0.4, 0.5) is 9.93 Å². The van der Waals surface area contributed by atoms with Crippen molar-refractivity contribution in [2.45, 2.75) is 20.1 Å². The summed E-state index contributed by atoms with van der Waals surface area (Å²) in [5.74, 6) is 0. The molecule has 0 atom stereocenters. The summed E-state index contributed by atoms with van der Waals surface area (Å²) < 4.78 is 0.972. The van der Waals surface area contributed by atoms with E-state index in [1.807, 2.05) is 61.5 Å². The van der Waals surface area contributed by atoms with Crippen molar-refractivity contribution in [2.75, 3.05) is 11.9 Å². The number of amides is 2. The molecule has 0 saturated heterocycles. The van der Waals surface area contributed by atoms with E-state index in [4.69, 9.17) is 0 Å². The Kier molecular flexibility index (Phi) is 6.27. The molecule has 0 spiro atoms. The number of fused-ring (bicyclic) bond motifs is 1. The highest BCUT2D eigenvalue weighted by atomic mass is 32.1. The predicted molar refractivity (Wildman–Crippen MR) is 125 cm³/mol. The molecule has 7 heteroatoms. The van der Waals surface area contributed by atoms with Gasteiger partial charge >= 0.3 is 6.03 Å². The van der Waals surface area contributed by atoms with Gasteiger partial charge in [0.1, 0.15) is 0 Å². The van der Waals surface area contributed by atoms with Crippen LogP contribution in [0.25, 0.3) is 32.5 Å². The first-order chi connectivity index (χ1) is 15.1. The number of rotatable bonds is 6. The molecule has 0 radical (unpaired) electrons. The van der Waals surface area contributed by atoms with E-state index < -0.39 is 0 Å². The van der Waals surface area contributed by atoms with Crippen molar-refractivity contribution in [3.8, 4) is 22.3 Å². The summed E-state index contributed by atoms with van der Waals surface area (Å²) in [6, 6.07) is 19.4. The van der Waals surface area contributed by atoms with Crippen LogP contribution in [0.3, 0.4) is 0 Å². The number of carbonyl (C=O) groups excluding carboxylic acids is 1. The summed E-state index contributed by atoms with van der Waals surface area (Å²) in [5.41, 5.74) is 6.51. The molecule has 0 saturated carbocycles. The smallest absolute Gasteiger partial charge is 0.321 e. The number of aliphatic hydroxyl groups is 2. The molecule has 4 N–H and O–H groups in total. The standard InChI is InChI=1S/C24H23N3O3S/c1-2-25-23(30)27-24-26-21-12-19(17-7-3-15(13-28)4-8-17)11-20(22(21)31-24)18-9-5-16(14-29)6-10-18/h3-12,28-29H,2,13-14H2,1H3,(H2,25,26,27,30).